The number of nitrogens with two attached hydrogens (primary N) is 1. The van der Waals surface area contributed by atoms with Gasteiger partial charge in [0.05, 0.1) is 6.04 Å². The Morgan fingerprint density at radius 3 is 3.15 bits per heavy atom. The minimum absolute atomic E-state index is 0.0550. The highest BCUT2D eigenvalue weighted by Gasteiger charge is 2.27. The van der Waals surface area contributed by atoms with Gasteiger partial charge in [0, 0.05) is 6.04 Å². The highest BCUT2D eigenvalue weighted by atomic mass is 15.3. The Labute approximate surface area is 77.5 Å². The molecule has 0 saturated heterocycles. The molecule has 1 saturated carbocycles. The van der Waals surface area contributed by atoms with Crippen LogP contribution in [0.2, 0.25) is 0 Å². The van der Waals surface area contributed by atoms with Crippen molar-refractivity contribution >= 4 is 0 Å². The summed E-state index contributed by atoms with van der Waals surface area (Å²) in [6.45, 7) is 3.66. The molecule has 0 spiro atoms. The van der Waals surface area contributed by atoms with E-state index in [1.165, 1.54) is 12.8 Å². The molecule has 1 heterocycles. The molecule has 1 aromatic rings. The van der Waals surface area contributed by atoms with E-state index in [9.17, 15) is 0 Å². The first-order valence-electron chi connectivity index (χ1n) is 4.59. The maximum Gasteiger partial charge on any atom is 0.150 e. The molecule has 4 nitrogen and oxygen atoms in total. The summed E-state index contributed by atoms with van der Waals surface area (Å²) < 4.78 is 2.09. The Bertz CT molecular complexity index is 300. The van der Waals surface area contributed by atoms with E-state index in [-0.39, 0.29) is 6.04 Å². The van der Waals surface area contributed by atoms with Gasteiger partial charge in [-0.05, 0) is 19.3 Å². The summed E-state index contributed by atoms with van der Waals surface area (Å²) in [5.41, 5.74) is 5.92. The molecule has 2 rings (SSSR count). The molecule has 1 aliphatic rings. The second-order valence-electron chi connectivity index (χ2n) is 3.46. The van der Waals surface area contributed by atoms with Crippen molar-refractivity contribution in [3.63, 3.8) is 0 Å². The zero-order valence-corrected chi connectivity index (χ0v) is 7.56. The SMILES string of the molecule is C=CCC(N)c1nncn1C1CC1. The fourth-order valence-electron chi connectivity index (χ4n) is 1.44. The van der Waals surface area contributed by atoms with Crippen LogP contribution in [0, 0.1) is 0 Å². The first kappa shape index (κ1) is 8.44. The monoisotopic (exact) mass is 178 g/mol. The Morgan fingerprint density at radius 2 is 2.54 bits per heavy atom. The van der Waals surface area contributed by atoms with Crippen LogP contribution in [0.5, 0.6) is 0 Å². The third-order valence-electron chi connectivity index (χ3n) is 2.29. The van der Waals surface area contributed by atoms with Gasteiger partial charge in [-0.1, -0.05) is 6.08 Å². The van der Waals surface area contributed by atoms with Crippen LogP contribution in [0.1, 0.15) is 37.2 Å². The van der Waals surface area contributed by atoms with Crippen molar-refractivity contribution in [1.29, 1.82) is 0 Å². The van der Waals surface area contributed by atoms with E-state index in [0.29, 0.717) is 6.04 Å². The highest BCUT2D eigenvalue weighted by molar-refractivity contribution is 5.01. The Morgan fingerprint density at radius 1 is 1.77 bits per heavy atom. The van der Waals surface area contributed by atoms with Gasteiger partial charge in [-0.25, -0.2) is 0 Å². The molecule has 1 aromatic heterocycles. The van der Waals surface area contributed by atoms with Gasteiger partial charge >= 0.3 is 0 Å². The second-order valence-corrected chi connectivity index (χ2v) is 3.46. The van der Waals surface area contributed by atoms with Crippen LogP contribution in [-0.2, 0) is 0 Å². The summed E-state index contributed by atoms with van der Waals surface area (Å²) in [7, 11) is 0. The van der Waals surface area contributed by atoms with Crippen molar-refractivity contribution in [3.8, 4) is 0 Å². The average Bonchev–Trinajstić information content (AvgIpc) is 2.84. The largest absolute Gasteiger partial charge is 0.321 e. The summed E-state index contributed by atoms with van der Waals surface area (Å²) in [5.74, 6) is 0.891. The zero-order chi connectivity index (χ0) is 9.26. The summed E-state index contributed by atoms with van der Waals surface area (Å²) in [6, 6.07) is 0.543. The van der Waals surface area contributed by atoms with E-state index in [4.69, 9.17) is 5.73 Å². The van der Waals surface area contributed by atoms with Gasteiger partial charge in [0.15, 0.2) is 0 Å². The van der Waals surface area contributed by atoms with Crippen molar-refractivity contribution in [2.24, 2.45) is 5.73 Å². The van der Waals surface area contributed by atoms with E-state index in [1.54, 1.807) is 6.33 Å². The third-order valence-corrected chi connectivity index (χ3v) is 2.29. The minimum atomic E-state index is -0.0550. The van der Waals surface area contributed by atoms with Crippen LogP contribution in [0.25, 0.3) is 0 Å². The van der Waals surface area contributed by atoms with E-state index in [1.807, 2.05) is 6.08 Å². The molecular weight excluding hydrogens is 164 g/mol. The van der Waals surface area contributed by atoms with Crippen molar-refractivity contribution in [2.75, 3.05) is 0 Å². The predicted molar refractivity (Wildman–Crippen MR) is 50.0 cm³/mol. The van der Waals surface area contributed by atoms with Gasteiger partial charge in [0.25, 0.3) is 0 Å². The topological polar surface area (TPSA) is 56.7 Å². The van der Waals surface area contributed by atoms with Gasteiger partial charge < -0.3 is 10.3 Å². The third kappa shape index (κ3) is 1.62. The number of nitrogens with zero attached hydrogens (tertiary/aromatic N) is 3. The molecule has 0 amide bonds. The van der Waals surface area contributed by atoms with Crippen molar-refractivity contribution in [1.82, 2.24) is 14.8 Å². The first-order chi connectivity index (χ1) is 6.33. The van der Waals surface area contributed by atoms with Gasteiger partial charge in [-0.2, -0.15) is 0 Å². The lowest BCUT2D eigenvalue weighted by molar-refractivity contribution is 0.598. The molecule has 70 valence electrons. The van der Waals surface area contributed by atoms with E-state index in [2.05, 4.69) is 21.3 Å². The van der Waals surface area contributed by atoms with Gasteiger partial charge in [-0.15, -0.1) is 16.8 Å². The molecule has 1 atom stereocenters. The summed E-state index contributed by atoms with van der Waals surface area (Å²) >= 11 is 0. The molecule has 1 aliphatic carbocycles. The van der Waals surface area contributed by atoms with Crippen molar-refractivity contribution in [2.45, 2.75) is 31.3 Å². The van der Waals surface area contributed by atoms with Gasteiger partial charge in [0.1, 0.15) is 12.2 Å². The number of rotatable bonds is 4. The summed E-state index contributed by atoms with van der Waals surface area (Å²) in [6.07, 6.45) is 6.80. The summed E-state index contributed by atoms with van der Waals surface area (Å²) in [4.78, 5) is 0. The van der Waals surface area contributed by atoms with Crippen LogP contribution >= 0.6 is 0 Å². The lowest BCUT2D eigenvalue weighted by atomic mass is 10.2. The molecule has 2 N–H and O–H groups in total. The molecule has 1 unspecified atom stereocenters. The highest BCUT2D eigenvalue weighted by Crippen LogP contribution is 2.36. The number of hydrogen-bond donors (Lipinski definition) is 1. The first-order valence-corrected chi connectivity index (χ1v) is 4.59. The lowest BCUT2D eigenvalue weighted by Gasteiger charge is -2.09. The lowest BCUT2D eigenvalue weighted by Crippen LogP contribution is -2.15. The van der Waals surface area contributed by atoms with Gasteiger partial charge in [-0.3, -0.25) is 0 Å². The van der Waals surface area contributed by atoms with Crippen molar-refractivity contribution in [3.05, 3.63) is 24.8 Å². The van der Waals surface area contributed by atoms with E-state index in [0.717, 1.165) is 12.2 Å². The fourth-order valence-corrected chi connectivity index (χ4v) is 1.44. The molecule has 0 bridgehead atoms. The predicted octanol–water partition coefficient (Wildman–Crippen LogP) is 1.19. The molecular formula is C9H14N4. The molecule has 0 aromatic carbocycles. The van der Waals surface area contributed by atoms with Crippen molar-refractivity contribution < 1.29 is 0 Å². The maximum absolute atomic E-state index is 5.92. The molecule has 4 heteroatoms. The minimum Gasteiger partial charge on any atom is -0.321 e. The van der Waals surface area contributed by atoms with E-state index >= 15 is 0 Å². The summed E-state index contributed by atoms with van der Waals surface area (Å²) in [5, 5.41) is 7.92. The van der Waals surface area contributed by atoms with Crippen LogP contribution in [0.15, 0.2) is 19.0 Å². The molecule has 13 heavy (non-hydrogen) atoms. The molecule has 0 aliphatic heterocycles. The van der Waals surface area contributed by atoms with Crippen LogP contribution in [-0.4, -0.2) is 14.8 Å². The van der Waals surface area contributed by atoms with Gasteiger partial charge in [0.2, 0.25) is 0 Å². The van der Waals surface area contributed by atoms with Crippen LogP contribution in [0.3, 0.4) is 0 Å². The maximum atomic E-state index is 5.92. The smallest absolute Gasteiger partial charge is 0.150 e. The second kappa shape index (κ2) is 3.30. The Kier molecular flexibility index (Phi) is 2.14. The Hall–Kier alpha value is -1.16. The zero-order valence-electron chi connectivity index (χ0n) is 7.56. The van der Waals surface area contributed by atoms with Crippen LogP contribution in [0.4, 0.5) is 0 Å². The normalized spacial score (nSPS) is 18.5. The molecule has 1 fully saturated rings. The quantitative estimate of drug-likeness (QED) is 0.704. The fraction of sp³-hybridized carbons (Fsp3) is 0.556. The van der Waals surface area contributed by atoms with Crippen LogP contribution < -0.4 is 5.73 Å². The number of aromatic nitrogens is 3. The number of hydrogen-bond acceptors (Lipinski definition) is 3. The Balaban J connectivity index is 2.17. The van der Waals surface area contributed by atoms with E-state index < -0.39 is 0 Å². The average molecular weight is 178 g/mol. The molecule has 0 radical (unpaired) electrons. The standard InChI is InChI=1S/C9H14N4/c1-2-3-8(10)9-12-11-6-13(9)7-4-5-7/h2,6-8H,1,3-5,10H2.